The molecule has 20 heavy (non-hydrogen) atoms. The van der Waals surface area contributed by atoms with Gasteiger partial charge in [0, 0.05) is 5.56 Å². The second-order valence-electron chi connectivity index (χ2n) is 4.12. The third kappa shape index (κ3) is 3.26. The SMILES string of the molecule is N#CCC(O)c1cc(Cl)nc(-c2ccc(F)c(Cl)c2)c1. The third-order valence-corrected chi connectivity index (χ3v) is 3.18. The standard InChI is InChI=1S/C14H9Cl2FN2O/c15-10-5-8(1-2-11(10)17)12-6-9(7-14(16)19-12)13(20)3-4-18/h1-2,5-7,13,20H,3H2. The highest BCUT2D eigenvalue weighted by Crippen LogP contribution is 2.28. The van der Waals surface area contributed by atoms with Crippen molar-refractivity contribution in [3.05, 3.63) is 51.9 Å². The van der Waals surface area contributed by atoms with Crippen LogP contribution < -0.4 is 0 Å². The lowest BCUT2D eigenvalue weighted by Crippen LogP contribution is -1.98. The topological polar surface area (TPSA) is 56.9 Å². The van der Waals surface area contributed by atoms with Crippen LogP contribution in [0.3, 0.4) is 0 Å². The van der Waals surface area contributed by atoms with Crippen LogP contribution in [-0.2, 0) is 0 Å². The van der Waals surface area contributed by atoms with Crippen LogP contribution in [0.15, 0.2) is 30.3 Å². The Bertz CT molecular complexity index is 685. The number of benzene rings is 1. The minimum atomic E-state index is -0.949. The first-order chi connectivity index (χ1) is 9.51. The molecule has 1 unspecified atom stereocenters. The third-order valence-electron chi connectivity index (χ3n) is 2.70. The minimum Gasteiger partial charge on any atom is -0.387 e. The zero-order valence-corrected chi connectivity index (χ0v) is 11.7. The van der Waals surface area contributed by atoms with Crippen molar-refractivity contribution in [1.29, 1.82) is 5.26 Å². The monoisotopic (exact) mass is 310 g/mol. The molecular formula is C14H9Cl2FN2O. The van der Waals surface area contributed by atoms with E-state index < -0.39 is 11.9 Å². The second kappa shape index (κ2) is 6.19. The van der Waals surface area contributed by atoms with Gasteiger partial charge in [-0.15, -0.1) is 0 Å². The maximum atomic E-state index is 13.1. The number of pyridine rings is 1. The summed E-state index contributed by atoms with van der Waals surface area (Å²) in [5.74, 6) is -0.526. The fourth-order valence-electron chi connectivity index (χ4n) is 1.72. The van der Waals surface area contributed by atoms with Crippen molar-refractivity contribution in [2.75, 3.05) is 0 Å². The highest BCUT2D eigenvalue weighted by molar-refractivity contribution is 6.31. The number of rotatable bonds is 3. The lowest BCUT2D eigenvalue weighted by Gasteiger charge is -2.10. The zero-order valence-electron chi connectivity index (χ0n) is 10.1. The highest BCUT2D eigenvalue weighted by Gasteiger charge is 2.12. The van der Waals surface area contributed by atoms with Gasteiger partial charge in [-0.2, -0.15) is 5.26 Å². The van der Waals surface area contributed by atoms with Crippen molar-refractivity contribution in [3.8, 4) is 17.3 Å². The predicted molar refractivity (Wildman–Crippen MR) is 74.8 cm³/mol. The summed E-state index contributed by atoms with van der Waals surface area (Å²) in [4.78, 5) is 4.11. The van der Waals surface area contributed by atoms with E-state index in [4.69, 9.17) is 28.5 Å². The molecule has 0 aliphatic heterocycles. The molecule has 1 aromatic carbocycles. The molecule has 1 aromatic heterocycles. The fourth-order valence-corrected chi connectivity index (χ4v) is 2.11. The summed E-state index contributed by atoms with van der Waals surface area (Å²) in [5, 5.41) is 18.6. The Morgan fingerprint density at radius 2 is 2.05 bits per heavy atom. The van der Waals surface area contributed by atoms with Crippen LogP contribution in [0, 0.1) is 17.1 Å². The van der Waals surface area contributed by atoms with Crippen LogP contribution in [-0.4, -0.2) is 10.1 Å². The van der Waals surface area contributed by atoms with Crippen LogP contribution >= 0.6 is 23.2 Å². The summed E-state index contributed by atoms with van der Waals surface area (Å²) in [6.45, 7) is 0. The molecule has 2 aromatic rings. The van der Waals surface area contributed by atoms with Gasteiger partial charge in [0.25, 0.3) is 0 Å². The van der Waals surface area contributed by atoms with Crippen molar-refractivity contribution >= 4 is 23.2 Å². The van der Waals surface area contributed by atoms with Gasteiger partial charge in [-0.25, -0.2) is 9.37 Å². The van der Waals surface area contributed by atoms with Gasteiger partial charge in [0.1, 0.15) is 11.0 Å². The Labute approximate surface area is 125 Å². The lowest BCUT2D eigenvalue weighted by molar-refractivity contribution is 0.183. The molecule has 6 heteroatoms. The molecule has 0 fully saturated rings. The highest BCUT2D eigenvalue weighted by atomic mass is 35.5. The Kier molecular flexibility index (Phi) is 4.56. The first-order valence-electron chi connectivity index (χ1n) is 5.69. The Morgan fingerprint density at radius 3 is 2.70 bits per heavy atom. The average Bonchev–Trinajstić information content (AvgIpc) is 2.41. The summed E-state index contributed by atoms with van der Waals surface area (Å²) < 4.78 is 13.1. The number of hydrogen-bond acceptors (Lipinski definition) is 3. The van der Waals surface area contributed by atoms with E-state index in [0.29, 0.717) is 16.8 Å². The van der Waals surface area contributed by atoms with Crippen molar-refractivity contribution in [1.82, 2.24) is 4.98 Å². The normalized spacial score (nSPS) is 11.9. The van der Waals surface area contributed by atoms with Gasteiger partial charge in [-0.1, -0.05) is 23.2 Å². The van der Waals surface area contributed by atoms with Crippen molar-refractivity contribution < 1.29 is 9.50 Å². The van der Waals surface area contributed by atoms with Gasteiger partial charge in [0.15, 0.2) is 0 Å². The molecule has 0 spiro atoms. The summed E-state index contributed by atoms with van der Waals surface area (Å²) in [6.07, 6.45) is -1.00. The van der Waals surface area contributed by atoms with Gasteiger partial charge in [-0.05, 0) is 35.9 Å². The van der Waals surface area contributed by atoms with Crippen LogP contribution in [0.5, 0.6) is 0 Å². The van der Waals surface area contributed by atoms with Crippen LogP contribution in [0.2, 0.25) is 10.2 Å². The Morgan fingerprint density at radius 1 is 1.30 bits per heavy atom. The Hall–Kier alpha value is -1.67. The molecular weight excluding hydrogens is 302 g/mol. The molecule has 0 saturated heterocycles. The fraction of sp³-hybridized carbons (Fsp3) is 0.143. The molecule has 3 nitrogen and oxygen atoms in total. The van der Waals surface area contributed by atoms with E-state index in [2.05, 4.69) is 4.98 Å². The minimum absolute atomic E-state index is 0.0246. The largest absolute Gasteiger partial charge is 0.387 e. The number of nitrogens with zero attached hydrogens (tertiary/aromatic N) is 2. The summed E-state index contributed by atoms with van der Waals surface area (Å²) in [6, 6.07) is 9.12. The average molecular weight is 311 g/mol. The van der Waals surface area contributed by atoms with E-state index in [1.807, 2.05) is 6.07 Å². The maximum Gasteiger partial charge on any atom is 0.141 e. The van der Waals surface area contributed by atoms with Crippen molar-refractivity contribution in [2.24, 2.45) is 0 Å². The molecule has 0 saturated carbocycles. The Balaban J connectivity index is 2.46. The molecule has 0 aliphatic carbocycles. The smallest absolute Gasteiger partial charge is 0.141 e. The van der Waals surface area contributed by atoms with E-state index in [0.717, 1.165) is 0 Å². The number of aromatic nitrogens is 1. The second-order valence-corrected chi connectivity index (χ2v) is 4.91. The molecule has 0 aliphatic rings. The quantitative estimate of drug-likeness (QED) is 0.867. The molecule has 0 radical (unpaired) electrons. The van der Waals surface area contributed by atoms with Gasteiger partial charge < -0.3 is 5.11 Å². The van der Waals surface area contributed by atoms with E-state index >= 15 is 0 Å². The molecule has 1 heterocycles. The van der Waals surface area contributed by atoms with Gasteiger partial charge in [0.2, 0.25) is 0 Å². The van der Waals surface area contributed by atoms with Gasteiger partial charge in [0.05, 0.1) is 29.3 Å². The number of nitriles is 1. The number of aliphatic hydroxyl groups excluding tert-OH is 1. The summed E-state index contributed by atoms with van der Waals surface area (Å²) in [7, 11) is 0. The maximum absolute atomic E-state index is 13.1. The molecule has 1 N–H and O–H groups in total. The molecule has 102 valence electrons. The van der Waals surface area contributed by atoms with Crippen molar-refractivity contribution in [2.45, 2.75) is 12.5 Å². The van der Waals surface area contributed by atoms with E-state index in [1.165, 1.54) is 24.3 Å². The van der Waals surface area contributed by atoms with Crippen LogP contribution in [0.25, 0.3) is 11.3 Å². The van der Waals surface area contributed by atoms with E-state index in [-0.39, 0.29) is 16.6 Å². The predicted octanol–water partition coefficient (Wildman–Crippen LogP) is 4.14. The lowest BCUT2D eigenvalue weighted by atomic mass is 10.0. The molecule has 0 bridgehead atoms. The first kappa shape index (κ1) is 14.7. The number of halogens is 3. The number of hydrogen-bond donors (Lipinski definition) is 1. The first-order valence-corrected chi connectivity index (χ1v) is 6.45. The molecule has 2 rings (SSSR count). The van der Waals surface area contributed by atoms with E-state index in [1.54, 1.807) is 6.07 Å². The van der Waals surface area contributed by atoms with E-state index in [9.17, 15) is 9.50 Å². The van der Waals surface area contributed by atoms with Gasteiger partial charge >= 0.3 is 0 Å². The number of aliphatic hydroxyl groups is 1. The zero-order chi connectivity index (χ0) is 14.7. The molecule has 1 atom stereocenters. The summed E-state index contributed by atoms with van der Waals surface area (Å²) in [5.41, 5.74) is 1.50. The summed E-state index contributed by atoms with van der Waals surface area (Å²) >= 11 is 11.6. The van der Waals surface area contributed by atoms with Crippen molar-refractivity contribution in [3.63, 3.8) is 0 Å². The van der Waals surface area contributed by atoms with Gasteiger partial charge in [-0.3, -0.25) is 0 Å². The molecule has 0 amide bonds. The van der Waals surface area contributed by atoms with Crippen LogP contribution in [0.4, 0.5) is 4.39 Å². The van der Waals surface area contributed by atoms with Crippen LogP contribution in [0.1, 0.15) is 18.1 Å².